The highest BCUT2D eigenvalue weighted by Crippen LogP contribution is 2.34. The van der Waals surface area contributed by atoms with Crippen LogP contribution in [-0.2, 0) is 20.0 Å². The lowest BCUT2D eigenvalue weighted by Gasteiger charge is -2.31. The smallest absolute Gasteiger partial charge is 0.237 e. The zero-order valence-electron chi connectivity index (χ0n) is 15.2. The molecule has 0 aliphatic heterocycles. The summed E-state index contributed by atoms with van der Waals surface area (Å²) >= 11 is 0. The Hall–Kier alpha value is -2.73. The number of aryl methyl sites for hydroxylation is 1. The minimum absolute atomic E-state index is 0.433. The van der Waals surface area contributed by atoms with E-state index in [0.717, 1.165) is 18.7 Å². The molecule has 1 unspecified atom stereocenters. The Bertz CT molecular complexity index is 860. The monoisotopic (exact) mass is 349 g/mol. The second-order valence-corrected chi connectivity index (χ2v) is 6.78. The lowest BCUT2D eigenvalue weighted by atomic mass is 9.92. The van der Waals surface area contributed by atoms with Gasteiger partial charge in [0, 0.05) is 43.3 Å². The molecule has 4 rings (SSSR count). The molecule has 0 fully saturated rings. The van der Waals surface area contributed by atoms with Gasteiger partial charge in [0.1, 0.15) is 5.75 Å². The zero-order valence-corrected chi connectivity index (χ0v) is 15.2. The Balaban J connectivity index is 1.43. The Morgan fingerprint density at radius 1 is 1.19 bits per heavy atom. The predicted molar refractivity (Wildman–Crippen MR) is 98.9 cm³/mol. The lowest BCUT2D eigenvalue weighted by Crippen LogP contribution is -2.27. The summed E-state index contributed by atoms with van der Waals surface area (Å²) in [6.45, 7) is 0.893. The van der Waals surface area contributed by atoms with E-state index in [1.165, 1.54) is 29.7 Å². The molecule has 6 nitrogen and oxygen atoms in total. The molecule has 1 atom stereocenters. The average Bonchev–Trinajstić information content (AvgIpc) is 3.05. The fourth-order valence-corrected chi connectivity index (χ4v) is 3.66. The summed E-state index contributed by atoms with van der Waals surface area (Å²) in [5, 5.41) is 4.45. The third kappa shape index (κ3) is 3.46. The van der Waals surface area contributed by atoms with Gasteiger partial charge in [-0.25, -0.2) is 4.98 Å². The molecule has 1 aliphatic carbocycles. The Labute approximate surface area is 153 Å². The van der Waals surface area contributed by atoms with Crippen LogP contribution >= 0.6 is 0 Å². The molecule has 0 amide bonds. The van der Waals surface area contributed by atoms with Crippen LogP contribution in [0, 0.1) is 0 Å². The van der Waals surface area contributed by atoms with E-state index >= 15 is 0 Å². The van der Waals surface area contributed by atoms with E-state index < -0.39 is 0 Å². The molecule has 0 N–H and O–H groups in total. The fraction of sp³-hybridized carbons (Fsp3) is 0.350. The summed E-state index contributed by atoms with van der Waals surface area (Å²) in [7, 11) is 4.23. The Kier molecular flexibility index (Phi) is 4.67. The number of hydrogen-bond donors (Lipinski definition) is 0. The van der Waals surface area contributed by atoms with Crippen LogP contribution in [0.15, 0.2) is 49.1 Å². The molecule has 1 aromatic carbocycles. The van der Waals surface area contributed by atoms with Gasteiger partial charge in [0.2, 0.25) is 5.88 Å². The fourth-order valence-electron chi connectivity index (χ4n) is 3.66. The largest absolute Gasteiger partial charge is 0.438 e. The van der Waals surface area contributed by atoms with Crippen molar-refractivity contribution < 1.29 is 4.74 Å². The van der Waals surface area contributed by atoms with Gasteiger partial charge in [0.15, 0.2) is 0 Å². The standard InChI is InChI=1S/C20H23N5O/c1-24(18-4-3-5-19-17(18)12-23-25(19)2)14-15-6-8-16(9-7-15)26-20-13-21-10-11-22-20/h6-13,18H,3-5,14H2,1-2H3. The summed E-state index contributed by atoms with van der Waals surface area (Å²) in [5.41, 5.74) is 4.01. The summed E-state index contributed by atoms with van der Waals surface area (Å²) in [6, 6.07) is 8.61. The SMILES string of the molecule is CN(Cc1ccc(Oc2cnccn2)cc1)C1CCCc2c1cnn2C. The van der Waals surface area contributed by atoms with Crippen LogP contribution in [-0.4, -0.2) is 31.7 Å². The van der Waals surface area contributed by atoms with Gasteiger partial charge in [0.25, 0.3) is 0 Å². The number of ether oxygens (including phenoxy) is 1. The second-order valence-electron chi connectivity index (χ2n) is 6.78. The van der Waals surface area contributed by atoms with Crippen molar-refractivity contribution in [1.29, 1.82) is 0 Å². The maximum absolute atomic E-state index is 5.71. The maximum atomic E-state index is 5.71. The van der Waals surface area contributed by atoms with Crippen LogP contribution in [0.2, 0.25) is 0 Å². The van der Waals surface area contributed by atoms with Crippen molar-refractivity contribution in [3.05, 3.63) is 65.9 Å². The number of benzene rings is 1. The van der Waals surface area contributed by atoms with Gasteiger partial charge in [-0.05, 0) is 44.0 Å². The molecular weight excluding hydrogens is 326 g/mol. The second kappa shape index (κ2) is 7.25. The third-order valence-electron chi connectivity index (χ3n) is 4.99. The number of aromatic nitrogens is 4. The van der Waals surface area contributed by atoms with Gasteiger partial charge in [-0.1, -0.05) is 12.1 Å². The van der Waals surface area contributed by atoms with Gasteiger partial charge in [0.05, 0.1) is 12.4 Å². The average molecular weight is 349 g/mol. The molecule has 0 spiro atoms. The van der Waals surface area contributed by atoms with Gasteiger partial charge >= 0.3 is 0 Å². The molecule has 0 bridgehead atoms. The quantitative estimate of drug-likeness (QED) is 0.705. The summed E-state index contributed by atoms with van der Waals surface area (Å²) < 4.78 is 7.73. The van der Waals surface area contributed by atoms with Crippen molar-refractivity contribution in [2.75, 3.05) is 7.05 Å². The molecule has 0 saturated carbocycles. The highest BCUT2D eigenvalue weighted by molar-refractivity contribution is 5.30. The lowest BCUT2D eigenvalue weighted by molar-refractivity contribution is 0.212. The van der Waals surface area contributed by atoms with Crippen LogP contribution in [0.5, 0.6) is 11.6 Å². The number of nitrogens with zero attached hydrogens (tertiary/aromatic N) is 5. The number of fused-ring (bicyclic) bond motifs is 1. The first kappa shape index (κ1) is 16.7. The van der Waals surface area contributed by atoms with Crippen molar-refractivity contribution in [3.63, 3.8) is 0 Å². The minimum atomic E-state index is 0.433. The first-order chi connectivity index (χ1) is 12.7. The Morgan fingerprint density at radius 2 is 2.04 bits per heavy atom. The topological polar surface area (TPSA) is 56.1 Å². The van der Waals surface area contributed by atoms with E-state index in [0.29, 0.717) is 11.9 Å². The van der Waals surface area contributed by atoms with Crippen molar-refractivity contribution in [2.45, 2.75) is 31.8 Å². The van der Waals surface area contributed by atoms with Crippen LogP contribution in [0.1, 0.15) is 35.7 Å². The van der Waals surface area contributed by atoms with Crippen molar-refractivity contribution in [2.24, 2.45) is 7.05 Å². The summed E-state index contributed by atoms with van der Waals surface area (Å²) in [6.07, 6.45) is 10.4. The van der Waals surface area contributed by atoms with Gasteiger partial charge < -0.3 is 4.74 Å². The predicted octanol–water partition coefficient (Wildman–Crippen LogP) is 3.51. The summed E-state index contributed by atoms with van der Waals surface area (Å²) in [5.74, 6) is 1.27. The molecule has 2 aromatic heterocycles. The first-order valence-corrected chi connectivity index (χ1v) is 8.94. The molecule has 6 heteroatoms. The van der Waals surface area contributed by atoms with Crippen LogP contribution in [0.4, 0.5) is 0 Å². The van der Waals surface area contributed by atoms with E-state index in [1.54, 1.807) is 18.6 Å². The van der Waals surface area contributed by atoms with E-state index in [-0.39, 0.29) is 0 Å². The Morgan fingerprint density at radius 3 is 2.81 bits per heavy atom. The maximum Gasteiger partial charge on any atom is 0.237 e. The summed E-state index contributed by atoms with van der Waals surface area (Å²) in [4.78, 5) is 10.6. The molecular formula is C20H23N5O. The molecule has 3 aromatic rings. The van der Waals surface area contributed by atoms with Gasteiger partial charge in [-0.2, -0.15) is 5.10 Å². The molecule has 0 radical (unpaired) electrons. The molecule has 134 valence electrons. The van der Waals surface area contributed by atoms with Gasteiger partial charge in [-0.3, -0.25) is 14.6 Å². The third-order valence-corrected chi connectivity index (χ3v) is 4.99. The van der Waals surface area contributed by atoms with E-state index in [1.807, 2.05) is 30.1 Å². The molecule has 1 aliphatic rings. The zero-order chi connectivity index (χ0) is 17.9. The highest BCUT2D eigenvalue weighted by atomic mass is 16.5. The number of rotatable bonds is 5. The normalized spacial score (nSPS) is 16.5. The van der Waals surface area contributed by atoms with Crippen LogP contribution in [0.3, 0.4) is 0 Å². The first-order valence-electron chi connectivity index (χ1n) is 8.94. The minimum Gasteiger partial charge on any atom is -0.438 e. The van der Waals surface area contributed by atoms with Crippen molar-refractivity contribution >= 4 is 0 Å². The highest BCUT2D eigenvalue weighted by Gasteiger charge is 2.26. The van der Waals surface area contributed by atoms with Crippen LogP contribution in [0.25, 0.3) is 0 Å². The van der Waals surface area contributed by atoms with E-state index in [2.05, 4.69) is 39.1 Å². The molecule has 26 heavy (non-hydrogen) atoms. The molecule has 2 heterocycles. The van der Waals surface area contributed by atoms with E-state index in [4.69, 9.17) is 4.74 Å². The van der Waals surface area contributed by atoms with E-state index in [9.17, 15) is 0 Å². The van der Waals surface area contributed by atoms with Gasteiger partial charge in [-0.15, -0.1) is 0 Å². The molecule has 0 saturated heterocycles. The van der Waals surface area contributed by atoms with Crippen molar-refractivity contribution in [1.82, 2.24) is 24.6 Å². The number of hydrogen-bond acceptors (Lipinski definition) is 5. The van der Waals surface area contributed by atoms with Crippen molar-refractivity contribution in [3.8, 4) is 11.6 Å². The van der Waals surface area contributed by atoms with Crippen LogP contribution < -0.4 is 4.74 Å².